The molecule has 0 saturated carbocycles. The molecular weight excluding hydrogens is 354 g/mol. The van der Waals surface area contributed by atoms with Gasteiger partial charge in [0, 0.05) is 10.7 Å². The second kappa shape index (κ2) is 9.25. The maximum atomic E-state index is 12.0. The lowest BCUT2D eigenvalue weighted by molar-refractivity contribution is -0.119. The van der Waals surface area contributed by atoms with E-state index >= 15 is 0 Å². The Morgan fingerprint density at radius 3 is 2.42 bits per heavy atom. The molecule has 2 rings (SSSR count). The van der Waals surface area contributed by atoms with E-state index in [2.05, 4.69) is 19.2 Å². The van der Waals surface area contributed by atoms with E-state index in [4.69, 9.17) is 21.1 Å². The molecule has 0 aliphatic heterocycles. The van der Waals surface area contributed by atoms with Gasteiger partial charge in [-0.1, -0.05) is 31.5 Å². The molecule has 0 bridgehead atoms. The molecular formula is C20H22ClNO4. The molecule has 138 valence electrons. The van der Waals surface area contributed by atoms with Gasteiger partial charge in [0.2, 0.25) is 0 Å². The van der Waals surface area contributed by atoms with Gasteiger partial charge in [-0.05, 0) is 54.8 Å². The summed E-state index contributed by atoms with van der Waals surface area (Å²) in [6.45, 7) is 6.21. The molecule has 0 heterocycles. The van der Waals surface area contributed by atoms with Crippen molar-refractivity contribution in [2.75, 3.05) is 18.5 Å². The summed E-state index contributed by atoms with van der Waals surface area (Å²) in [5, 5.41) is 3.19. The molecule has 1 amide bonds. The second-order valence-electron chi connectivity index (χ2n) is 6.32. The van der Waals surface area contributed by atoms with Crippen LogP contribution in [0.5, 0.6) is 5.75 Å². The van der Waals surface area contributed by atoms with Gasteiger partial charge >= 0.3 is 5.97 Å². The minimum absolute atomic E-state index is 0.355. The highest BCUT2D eigenvalue weighted by Crippen LogP contribution is 2.20. The van der Waals surface area contributed by atoms with Gasteiger partial charge in [0.15, 0.2) is 6.61 Å². The molecule has 0 aliphatic carbocycles. The fraction of sp³-hybridized carbons (Fsp3) is 0.300. The minimum Gasteiger partial charge on any atom is -0.493 e. The van der Waals surface area contributed by atoms with E-state index in [0.29, 0.717) is 34.5 Å². The summed E-state index contributed by atoms with van der Waals surface area (Å²) >= 11 is 6.01. The Hall–Kier alpha value is -2.53. The molecule has 2 aromatic rings. The summed E-state index contributed by atoms with van der Waals surface area (Å²) in [7, 11) is 0. The second-order valence-corrected chi connectivity index (χ2v) is 6.72. The molecule has 2 aromatic carbocycles. The van der Waals surface area contributed by atoms with Crippen molar-refractivity contribution in [2.24, 2.45) is 5.92 Å². The minimum atomic E-state index is -0.572. The number of carbonyl (C=O) groups is 2. The van der Waals surface area contributed by atoms with Crippen molar-refractivity contribution in [1.29, 1.82) is 0 Å². The number of aryl methyl sites for hydroxylation is 1. The fourth-order valence-electron chi connectivity index (χ4n) is 2.03. The average Bonchev–Trinajstić information content (AvgIpc) is 2.61. The molecule has 0 spiro atoms. The number of hydrogen-bond acceptors (Lipinski definition) is 4. The van der Waals surface area contributed by atoms with E-state index in [-0.39, 0.29) is 6.61 Å². The Kier molecular flexibility index (Phi) is 7.04. The predicted octanol–water partition coefficient (Wildman–Crippen LogP) is 4.48. The van der Waals surface area contributed by atoms with Crippen LogP contribution in [-0.4, -0.2) is 25.1 Å². The smallest absolute Gasteiger partial charge is 0.338 e. The number of halogens is 1. The number of anilines is 1. The van der Waals surface area contributed by atoms with Gasteiger partial charge in [0.25, 0.3) is 5.91 Å². The van der Waals surface area contributed by atoms with Gasteiger partial charge in [-0.2, -0.15) is 0 Å². The number of esters is 1. The van der Waals surface area contributed by atoms with E-state index < -0.39 is 11.9 Å². The highest BCUT2D eigenvalue weighted by molar-refractivity contribution is 6.31. The van der Waals surface area contributed by atoms with Crippen LogP contribution in [0.25, 0.3) is 0 Å². The third-order valence-corrected chi connectivity index (χ3v) is 3.87. The number of amides is 1. The van der Waals surface area contributed by atoms with Crippen molar-refractivity contribution in [3.63, 3.8) is 0 Å². The zero-order valence-electron chi connectivity index (χ0n) is 15.0. The van der Waals surface area contributed by atoms with E-state index in [0.717, 1.165) is 5.56 Å². The quantitative estimate of drug-likeness (QED) is 0.725. The molecule has 0 fully saturated rings. The van der Waals surface area contributed by atoms with Gasteiger partial charge in [-0.3, -0.25) is 4.79 Å². The topological polar surface area (TPSA) is 64.6 Å². The average molecular weight is 376 g/mol. The van der Waals surface area contributed by atoms with Gasteiger partial charge in [0.05, 0.1) is 12.2 Å². The molecule has 5 nitrogen and oxygen atoms in total. The Morgan fingerprint density at radius 2 is 1.81 bits per heavy atom. The molecule has 1 N–H and O–H groups in total. The third-order valence-electron chi connectivity index (χ3n) is 3.46. The van der Waals surface area contributed by atoms with Crippen molar-refractivity contribution < 1.29 is 19.1 Å². The number of benzene rings is 2. The summed E-state index contributed by atoms with van der Waals surface area (Å²) < 4.78 is 10.6. The Morgan fingerprint density at radius 1 is 1.12 bits per heavy atom. The van der Waals surface area contributed by atoms with Gasteiger partial charge in [-0.15, -0.1) is 0 Å². The predicted molar refractivity (Wildman–Crippen MR) is 102 cm³/mol. The lowest BCUT2D eigenvalue weighted by Crippen LogP contribution is -2.20. The zero-order chi connectivity index (χ0) is 19.1. The van der Waals surface area contributed by atoms with Crippen LogP contribution in [0.2, 0.25) is 5.02 Å². The first-order valence-electron chi connectivity index (χ1n) is 8.31. The highest BCUT2D eigenvalue weighted by Gasteiger charge is 2.11. The molecule has 26 heavy (non-hydrogen) atoms. The van der Waals surface area contributed by atoms with Crippen molar-refractivity contribution in [1.82, 2.24) is 0 Å². The van der Waals surface area contributed by atoms with Crippen molar-refractivity contribution in [2.45, 2.75) is 20.8 Å². The Labute approximate surface area is 158 Å². The van der Waals surface area contributed by atoms with Crippen LogP contribution in [0, 0.1) is 12.8 Å². The van der Waals surface area contributed by atoms with Crippen LogP contribution < -0.4 is 10.1 Å². The number of hydrogen-bond donors (Lipinski definition) is 1. The van der Waals surface area contributed by atoms with Crippen LogP contribution in [0.3, 0.4) is 0 Å². The summed E-state index contributed by atoms with van der Waals surface area (Å²) in [5.41, 5.74) is 1.82. The summed E-state index contributed by atoms with van der Waals surface area (Å²) in [6.07, 6.45) is 0. The van der Waals surface area contributed by atoms with Crippen LogP contribution >= 0.6 is 11.6 Å². The standard InChI is InChI=1S/C20H22ClNO4/c1-13(2)11-25-17-8-5-15(6-9-17)20(24)26-12-19(23)22-16-7-4-14(3)18(21)10-16/h4-10,13H,11-12H2,1-3H3,(H,22,23). The van der Waals surface area contributed by atoms with E-state index in [1.54, 1.807) is 42.5 Å². The van der Waals surface area contributed by atoms with Gasteiger partial charge in [0.1, 0.15) is 5.75 Å². The van der Waals surface area contributed by atoms with Crippen molar-refractivity contribution in [3.05, 3.63) is 58.6 Å². The molecule has 6 heteroatoms. The summed E-state index contributed by atoms with van der Waals surface area (Å²) in [5.74, 6) is 0.0958. The number of ether oxygens (including phenoxy) is 2. The zero-order valence-corrected chi connectivity index (χ0v) is 15.8. The fourth-order valence-corrected chi connectivity index (χ4v) is 2.21. The van der Waals surface area contributed by atoms with Crippen LogP contribution in [-0.2, 0) is 9.53 Å². The molecule has 0 saturated heterocycles. The largest absolute Gasteiger partial charge is 0.493 e. The van der Waals surface area contributed by atoms with Crippen LogP contribution in [0.1, 0.15) is 29.8 Å². The SMILES string of the molecule is Cc1ccc(NC(=O)COC(=O)c2ccc(OCC(C)C)cc2)cc1Cl. The molecule has 0 atom stereocenters. The van der Waals surface area contributed by atoms with E-state index in [1.807, 2.05) is 6.92 Å². The number of carbonyl (C=O) groups excluding carboxylic acids is 2. The monoisotopic (exact) mass is 375 g/mol. The Bertz CT molecular complexity index is 772. The normalized spacial score (nSPS) is 10.5. The molecule has 0 radical (unpaired) electrons. The van der Waals surface area contributed by atoms with Crippen molar-refractivity contribution in [3.8, 4) is 5.75 Å². The number of nitrogens with one attached hydrogen (secondary N) is 1. The van der Waals surface area contributed by atoms with Crippen molar-refractivity contribution >= 4 is 29.2 Å². The number of rotatable bonds is 7. The Balaban J connectivity index is 1.83. The lowest BCUT2D eigenvalue weighted by atomic mass is 10.2. The maximum absolute atomic E-state index is 12.0. The molecule has 0 aliphatic rings. The molecule has 0 aromatic heterocycles. The first kappa shape index (κ1) is 19.8. The highest BCUT2D eigenvalue weighted by atomic mass is 35.5. The first-order chi connectivity index (χ1) is 12.3. The lowest BCUT2D eigenvalue weighted by Gasteiger charge is -2.10. The summed E-state index contributed by atoms with van der Waals surface area (Å²) in [4.78, 5) is 23.9. The van der Waals surface area contributed by atoms with E-state index in [9.17, 15) is 9.59 Å². The van der Waals surface area contributed by atoms with Crippen LogP contribution in [0.15, 0.2) is 42.5 Å². The van der Waals surface area contributed by atoms with Crippen LogP contribution in [0.4, 0.5) is 5.69 Å². The molecule has 0 unspecified atom stereocenters. The third kappa shape index (κ3) is 6.08. The van der Waals surface area contributed by atoms with E-state index in [1.165, 1.54) is 0 Å². The summed E-state index contributed by atoms with van der Waals surface area (Å²) in [6, 6.07) is 11.8. The maximum Gasteiger partial charge on any atom is 0.338 e. The van der Waals surface area contributed by atoms with Gasteiger partial charge in [-0.25, -0.2) is 4.79 Å². The van der Waals surface area contributed by atoms with Gasteiger partial charge < -0.3 is 14.8 Å². The first-order valence-corrected chi connectivity index (χ1v) is 8.69.